The average molecular weight is 685 g/mol. The summed E-state index contributed by atoms with van der Waals surface area (Å²) >= 11 is 0. The Kier molecular flexibility index (Phi) is 14.0. The third kappa shape index (κ3) is 11.1. The number of hydrogen-bond donors (Lipinski definition) is 4. The van der Waals surface area contributed by atoms with Crippen LogP contribution in [0, 0.1) is 0 Å². The second-order valence-corrected chi connectivity index (χ2v) is 10.9. The highest BCUT2D eigenvalue weighted by Crippen LogP contribution is 2.30. The van der Waals surface area contributed by atoms with E-state index in [1.807, 2.05) is 0 Å². The van der Waals surface area contributed by atoms with Crippen molar-refractivity contribution in [2.75, 3.05) is 13.2 Å². The molecule has 0 saturated carbocycles. The number of carbonyl (C=O) groups is 6. The molecule has 0 spiro atoms. The minimum Gasteiger partial charge on any atom is -0.463 e. The number of ether oxygens (including phenoxy) is 8. The Labute approximate surface area is 275 Å². The summed E-state index contributed by atoms with van der Waals surface area (Å²) in [5.74, 6) is -3.80. The second-order valence-electron chi connectivity index (χ2n) is 10.9. The molecule has 1 aromatic carbocycles. The highest BCUT2D eigenvalue weighted by atomic mass is 16.7. The molecule has 0 radical (unpaired) electrons. The second kappa shape index (κ2) is 17.7. The number of carbonyl (C=O) groups excluding carboxylic acids is 6. The Morgan fingerprint density at radius 2 is 1.29 bits per heavy atom. The lowest BCUT2D eigenvalue weighted by atomic mass is 9.95. The summed E-state index contributed by atoms with van der Waals surface area (Å²) < 4.78 is 43.5. The van der Waals surface area contributed by atoms with Crippen molar-refractivity contribution in [1.82, 2.24) is 10.6 Å². The summed E-state index contributed by atoms with van der Waals surface area (Å²) in [7, 11) is 0. The molecule has 4 N–H and O–H groups in total. The molecule has 10 atom stereocenters. The van der Waals surface area contributed by atoms with E-state index in [-0.39, 0.29) is 6.61 Å². The van der Waals surface area contributed by atoms with E-state index in [0.717, 1.165) is 34.6 Å². The standard InChI is InChI=1S/C30H40N2O16/c1-14(33)31-23-27(46-18(5)37)25(44-16(3)35)21(13-41-15(2)34)48-29(23)42-12-20-24(38)26(45-17(4)36)22(28(39)47-20)32-30(40)43-11-19-9-7-6-8-10-19/h6-10,20-29,38-39H,11-13H2,1-5H3,(H,31,33)(H,32,40)/t20-,21-,22+,23+,24-,25-,26-,27-,28+,29-/m1/s1. The number of esters is 4. The highest BCUT2D eigenvalue weighted by molar-refractivity contribution is 5.74. The molecule has 2 aliphatic rings. The Balaban J connectivity index is 1.80. The van der Waals surface area contributed by atoms with Crippen LogP contribution in [0.4, 0.5) is 4.79 Å². The maximum Gasteiger partial charge on any atom is 0.407 e. The van der Waals surface area contributed by atoms with E-state index in [1.165, 1.54) is 0 Å². The van der Waals surface area contributed by atoms with Gasteiger partial charge >= 0.3 is 30.0 Å². The van der Waals surface area contributed by atoms with E-state index >= 15 is 0 Å². The van der Waals surface area contributed by atoms with Crippen molar-refractivity contribution in [2.24, 2.45) is 0 Å². The predicted octanol–water partition coefficient (Wildman–Crippen LogP) is -1.04. The Bertz CT molecular complexity index is 1290. The van der Waals surface area contributed by atoms with E-state index in [9.17, 15) is 39.0 Å². The molecule has 2 aliphatic heterocycles. The van der Waals surface area contributed by atoms with Crippen LogP contribution in [0.1, 0.15) is 40.2 Å². The number of nitrogens with one attached hydrogen (secondary N) is 2. The molecule has 2 fully saturated rings. The van der Waals surface area contributed by atoms with Gasteiger partial charge in [-0.25, -0.2) is 4.79 Å². The smallest absolute Gasteiger partial charge is 0.407 e. The zero-order chi connectivity index (χ0) is 35.5. The topological polar surface area (TPSA) is 241 Å². The average Bonchev–Trinajstić information content (AvgIpc) is 3.00. The maximum atomic E-state index is 12.5. The summed E-state index contributed by atoms with van der Waals surface area (Å²) in [6.07, 6.45) is -13.1. The van der Waals surface area contributed by atoms with Crippen molar-refractivity contribution in [3.63, 3.8) is 0 Å². The number of amides is 2. The predicted molar refractivity (Wildman–Crippen MR) is 156 cm³/mol. The molecule has 266 valence electrons. The maximum absolute atomic E-state index is 12.5. The molecule has 0 aromatic heterocycles. The molecule has 3 rings (SSSR count). The first kappa shape index (κ1) is 38.1. The van der Waals surface area contributed by atoms with Gasteiger partial charge in [-0.15, -0.1) is 0 Å². The van der Waals surface area contributed by atoms with E-state index in [1.54, 1.807) is 30.3 Å². The molecule has 0 bridgehead atoms. The van der Waals surface area contributed by atoms with E-state index < -0.39 is 110 Å². The van der Waals surface area contributed by atoms with Crippen molar-refractivity contribution < 1.29 is 76.9 Å². The van der Waals surface area contributed by atoms with Crippen LogP contribution in [-0.2, 0) is 68.5 Å². The number of aliphatic hydroxyl groups excluding tert-OH is 2. The minimum absolute atomic E-state index is 0.116. The summed E-state index contributed by atoms with van der Waals surface area (Å²) in [5, 5.41) is 26.8. The van der Waals surface area contributed by atoms with Gasteiger partial charge in [0.05, 0.1) is 6.61 Å². The van der Waals surface area contributed by atoms with Gasteiger partial charge < -0.3 is 58.7 Å². The van der Waals surface area contributed by atoms with Crippen LogP contribution in [0.5, 0.6) is 0 Å². The fraction of sp³-hybridized carbons (Fsp3) is 0.600. The lowest BCUT2D eigenvalue weighted by molar-refractivity contribution is -0.301. The van der Waals surface area contributed by atoms with Gasteiger partial charge in [-0.05, 0) is 5.56 Å². The summed E-state index contributed by atoms with van der Waals surface area (Å²) in [6.45, 7) is 4.29. The Hall–Kier alpha value is -4.36. The van der Waals surface area contributed by atoms with Gasteiger partial charge in [-0.2, -0.15) is 0 Å². The number of benzene rings is 1. The first-order chi connectivity index (χ1) is 22.7. The van der Waals surface area contributed by atoms with Crippen LogP contribution in [0.3, 0.4) is 0 Å². The quantitative estimate of drug-likeness (QED) is 0.152. The molecule has 1 aromatic rings. The number of aliphatic hydroxyl groups is 2. The summed E-state index contributed by atoms with van der Waals surface area (Å²) in [6, 6.07) is 5.91. The van der Waals surface area contributed by atoms with Gasteiger partial charge in [0, 0.05) is 34.6 Å². The van der Waals surface area contributed by atoms with Gasteiger partial charge in [-0.1, -0.05) is 30.3 Å². The SMILES string of the molecule is CC(=O)N[C@@H]1[C@H](OC[C@H]2O[C@H](O)[C@@H](NC(=O)OCc3ccccc3)[C@@H](OC(C)=O)[C@@H]2O)O[C@H](COC(C)=O)[C@@H](OC(C)=O)[C@@H]1OC(C)=O. The van der Waals surface area contributed by atoms with Crippen LogP contribution >= 0.6 is 0 Å². The monoisotopic (exact) mass is 684 g/mol. The summed E-state index contributed by atoms with van der Waals surface area (Å²) in [5.41, 5.74) is 0.676. The van der Waals surface area contributed by atoms with Crippen molar-refractivity contribution in [3.05, 3.63) is 35.9 Å². The van der Waals surface area contributed by atoms with Crippen LogP contribution in [0.15, 0.2) is 30.3 Å². The molecule has 48 heavy (non-hydrogen) atoms. The lowest BCUT2D eigenvalue weighted by Gasteiger charge is -2.46. The van der Waals surface area contributed by atoms with Crippen LogP contribution in [-0.4, -0.2) is 121 Å². The Morgan fingerprint density at radius 1 is 0.688 bits per heavy atom. The lowest BCUT2D eigenvalue weighted by Crippen LogP contribution is -2.68. The minimum atomic E-state index is -1.85. The molecule has 2 saturated heterocycles. The molecule has 2 amide bonds. The molecule has 18 nitrogen and oxygen atoms in total. The van der Waals surface area contributed by atoms with Crippen molar-refractivity contribution in [1.29, 1.82) is 0 Å². The molecule has 0 aliphatic carbocycles. The van der Waals surface area contributed by atoms with Gasteiger partial charge in [0.15, 0.2) is 30.9 Å². The van der Waals surface area contributed by atoms with Gasteiger partial charge in [-0.3, -0.25) is 24.0 Å². The zero-order valence-corrected chi connectivity index (χ0v) is 26.9. The van der Waals surface area contributed by atoms with E-state index in [2.05, 4.69) is 10.6 Å². The molecule has 2 heterocycles. The molecular weight excluding hydrogens is 644 g/mol. The first-order valence-corrected chi connectivity index (χ1v) is 14.8. The van der Waals surface area contributed by atoms with Crippen molar-refractivity contribution >= 4 is 35.9 Å². The van der Waals surface area contributed by atoms with Gasteiger partial charge in [0.25, 0.3) is 0 Å². The summed E-state index contributed by atoms with van der Waals surface area (Å²) in [4.78, 5) is 72.3. The number of hydrogen-bond acceptors (Lipinski definition) is 16. The molecule has 0 unspecified atom stereocenters. The fourth-order valence-electron chi connectivity index (χ4n) is 5.08. The normalized spacial score (nSPS) is 29.8. The first-order valence-electron chi connectivity index (χ1n) is 14.8. The number of rotatable bonds is 12. The molecular formula is C30H40N2O16. The van der Waals surface area contributed by atoms with Crippen molar-refractivity contribution in [2.45, 2.75) is 103 Å². The molecule has 18 heteroatoms. The van der Waals surface area contributed by atoms with Crippen LogP contribution in [0.2, 0.25) is 0 Å². The fourth-order valence-corrected chi connectivity index (χ4v) is 5.08. The van der Waals surface area contributed by atoms with E-state index in [4.69, 9.17) is 37.9 Å². The van der Waals surface area contributed by atoms with E-state index in [0.29, 0.717) is 5.56 Å². The third-order valence-corrected chi connectivity index (χ3v) is 6.99. The van der Waals surface area contributed by atoms with Crippen LogP contribution < -0.4 is 10.6 Å². The van der Waals surface area contributed by atoms with Crippen LogP contribution in [0.25, 0.3) is 0 Å². The van der Waals surface area contributed by atoms with Gasteiger partial charge in [0.2, 0.25) is 5.91 Å². The van der Waals surface area contributed by atoms with Crippen molar-refractivity contribution in [3.8, 4) is 0 Å². The number of alkyl carbamates (subject to hydrolysis) is 1. The Morgan fingerprint density at radius 3 is 1.88 bits per heavy atom. The highest BCUT2D eigenvalue weighted by Gasteiger charge is 2.53. The largest absolute Gasteiger partial charge is 0.463 e. The van der Waals surface area contributed by atoms with Gasteiger partial charge in [0.1, 0.15) is 43.6 Å². The zero-order valence-electron chi connectivity index (χ0n) is 26.9. The third-order valence-electron chi connectivity index (χ3n) is 6.99.